The summed E-state index contributed by atoms with van der Waals surface area (Å²) in [5.74, 6) is 0. The molecule has 0 radical (unpaired) electrons. The Hall–Kier alpha value is -0.740. The van der Waals surface area contributed by atoms with Crippen molar-refractivity contribution in [3.63, 3.8) is 0 Å². The Morgan fingerprint density at radius 3 is 2.44 bits per heavy atom. The minimum atomic E-state index is 0.360. The third-order valence-corrected chi connectivity index (χ3v) is 3.26. The van der Waals surface area contributed by atoms with E-state index in [4.69, 9.17) is 16.2 Å². The van der Waals surface area contributed by atoms with Crippen LogP contribution in [0.4, 0.5) is 0 Å². The van der Waals surface area contributed by atoms with Crippen LogP contribution < -0.4 is 11.5 Å². The quantitative estimate of drug-likeness (QED) is 0.752. The topological polar surface area (TPSA) is 64.5 Å². The number of ether oxygens (including phenoxy) is 1. The van der Waals surface area contributed by atoms with Gasteiger partial charge in [0.15, 0.2) is 0 Å². The normalized spacial score (nSPS) is 32.0. The Kier molecular flexibility index (Phi) is 5.09. The smallest absolute Gasteiger partial charge is 0.0565 e. The van der Waals surface area contributed by atoms with E-state index in [0.717, 1.165) is 31.5 Å². The van der Waals surface area contributed by atoms with Gasteiger partial charge < -0.3 is 21.1 Å². The van der Waals surface area contributed by atoms with Gasteiger partial charge in [-0.15, -0.1) is 0 Å². The first-order valence-corrected chi connectivity index (χ1v) is 6.04. The summed E-state index contributed by atoms with van der Waals surface area (Å²) >= 11 is 0. The van der Waals surface area contributed by atoms with Gasteiger partial charge >= 0.3 is 0 Å². The zero-order chi connectivity index (χ0) is 12.1. The van der Waals surface area contributed by atoms with Gasteiger partial charge in [0.2, 0.25) is 0 Å². The minimum absolute atomic E-state index is 0.360. The Morgan fingerprint density at radius 2 is 1.94 bits per heavy atom. The van der Waals surface area contributed by atoms with Crippen LogP contribution >= 0.6 is 0 Å². The first-order valence-electron chi connectivity index (χ1n) is 6.04. The average Bonchev–Trinajstić information content (AvgIpc) is 2.23. The molecular weight excluding hydrogens is 202 g/mol. The van der Waals surface area contributed by atoms with Crippen molar-refractivity contribution in [2.24, 2.45) is 11.5 Å². The van der Waals surface area contributed by atoms with E-state index < -0.39 is 0 Å². The van der Waals surface area contributed by atoms with E-state index in [1.807, 2.05) is 0 Å². The molecule has 1 unspecified atom stereocenters. The van der Waals surface area contributed by atoms with E-state index in [2.05, 4.69) is 25.8 Å². The van der Waals surface area contributed by atoms with Crippen LogP contribution in [0.15, 0.2) is 11.9 Å². The van der Waals surface area contributed by atoms with Crippen molar-refractivity contribution >= 4 is 0 Å². The molecule has 1 rings (SSSR count). The summed E-state index contributed by atoms with van der Waals surface area (Å²) in [5, 5.41) is 0. The van der Waals surface area contributed by atoms with Gasteiger partial charge in [-0.25, -0.2) is 0 Å². The third-order valence-electron chi connectivity index (χ3n) is 3.26. The molecule has 0 aromatic heterocycles. The molecule has 4 N–H and O–H groups in total. The number of nitrogens with two attached hydrogens (primary N) is 2. The van der Waals surface area contributed by atoms with Crippen LogP contribution in [-0.2, 0) is 4.74 Å². The molecule has 4 nitrogen and oxygen atoms in total. The fourth-order valence-corrected chi connectivity index (χ4v) is 2.30. The molecule has 1 fully saturated rings. The maximum atomic E-state index is 5.73. The fraction of sp³-hybridized carbons (Fsp3) is 0.833. The highest BCUT2D eigenvalue weighted by atomic mass is 16.5. The van der Waals surface area contributed by atoms with Crippen LogP contribution in [0.25, 0.3) is 0 Å². The molecule has 16 heavy (non-hydrogen) atoms. The Bertz CT molecular complexity index is 232. The molecule has 1 saturated heterocycles. The second-order valence-electron chi connectivity index (χ2n) is 4.85. The van der Waals surface area contributed by atoms with Gasteiger partial charge in [-0.3, -0.25) is 0 Å². The first-order chi connectivity index (χ1) is 7.52. The molecule has 3 atom stereocenters. The standard InChI is InChI=1S/C12H25N3O/c1-9-6-12(7-10(2)16-9)15(3)5-4-11(14)8-13/h8-10,12H,4-7,13-14H2,1-3H3/b11-8-/t9-,10+,12?. The molecule has 1 aliphatic heterocycles. The van der Waals surface area contributed by atoms with Crippen molar-refractivity contribution in [1.82, 2.24) is 4.90 Å². The van der Waals surface area contributed by atoms with Crippen molar-refractivity contribution in [2.75, 3.05) is 13.6 Å². The van der Waals surface area contributed by atoms with Gasteiger partial charge in [0.1, 0.15) is 0 Å². The van der Waals surface area contributed by atoms with Gasteiger partial charge in [-0.2, -0.15) is 0 Å². The SMILES string of the molecule is C[C@@H]1CC(N(C)CC/C(N)=C/N)C[C@H](C)O1. The molecule has 0 aromatic carbocycles. The van der Waals surface area contributed by atoms with E-state index in [-0.39, 0.29) is 0 Å². The van der Waals surface area contributed by atoms with Gasteiger partial charge in [0.05, 0.1) is 12.2 Å². The second kappa shape index (κ2) is 6.11. The third kappa shape index (κ3) is 4.02. The molecule has 1 heterocycles. The summed E-state index contributed by atoms with van der Waals surface area (Å²) in [6.07, 6.45) is 5.26. The largest absolute Gasteiger partial charge is 0.403 e. The maximum Gasteiger partial charge on any atom is 0.0565 e. The maximum absolute atomic E-state index is 5.73. The molecule has 0 aromatic rings. The summed E-state index contributed by atoms with van der Waals surface area (Å²) in [4.78, 5) is 2.37. The van der Waals surface area contributed by atoms with E-state index in [9.17, 15) is 0 Å². The molecule has 1 aliphatic rings. The summed E-state index contributed by atoms with van der Waals surface area (Å²) < 4.78 is 5.73. The molecule has 0 bridgehead atoms. The lowest BCUT2D eigenvalue weighted by atomic mass is 9.98. The molecule has 0 amide bonds. The molecule has 4 heteroatoms. The lowest BCUT2D eigenvalue weighted by Gasteiger charge is -2.37. The van der Waals surface area contributed by atoms with E-state index in [1.165, 1.54) is 6.20 Å². The van der Waals surface area contributed by atoms with Crippen LogP contribution in [0.3, 0.4) is 0 Å². The Balaban J connectivity index is 2.38. The van der Waals surface area contributed by atoms with Crippen molar-refractivity contribution < 1.29 is 4.74 Å². The molecule has 0 aliphatic carbocycles. The van der Waals surface area contributed by atoms with Gasteiger partial charge in [0, 0.05) is 30.9 Å². The van der Waals surface area contributed by atoms with Gasteiger partial charge in [-0.05, 0) is 33.7 Å². The minimum Gasteiger partial charge on any atom is -0.403 e. The zero-order valence-corrected chi connectivity index (χ0v) is 10.6. The van der Waals surface area contributed by atoms with Crippen molar-refractivity contribution in [3.05, 3.63) is 11.9 Å². The van der Waals surface area contributed by atoms with Gasteiger partial charge in [0.25, 0.3) is 0 Å². The Morgan fingerprint density at radius 1 is 1.38 bits per heavy atom. The number of hydrogen-bond acceptors (Lipinski definition) is 4. The van der Waals surface area contributed by atoms with Crippen LogP contribution in [-0.4, -0.2) is 36.7 Å². The molecular formula is C12H25N3O. The van der Waals surface area contributed by atoms with Crippen LogP contribution in [0.2, 0.25) is 0 Å². The van der Waals surface area contributed by atoms with Crippen molar-refractivity contribution in [2.45, 2.75) is 51.4 Å². The first kappa shape index (κ1) is 13.3. The predicted octanol–water partition coefficient (Wildman–Crippen LogP) is 1.02. The molecule has 94 valence electrons. The highest BCUT2D eigenvalue weighted by Crippen LogP contribution is 2.22. The molecule has 0 spiro atoms. The van der Waals surface area contributed by atoms with Crippen LogP contribution in [0, 0.1) is 0 Å². The summed E-state index contributed by atoms with van der Waals surface area (Å²) in [6, 6.07) is 0.601. The monoisotopic (exact) mass is 227 g/mol. The predicted molar refractivity (Wildman–Crippen MR) is 66.7 cm³/mol. The van der Waals surface area contributed by atoms with E-state index in [1.54, 1.807) is 0 Å². The second-order valence-corrected chi connectivity index (χ2v) is 4.85. The average molecular weight is 227 g/mol. The molecule has 0 saturated carbocycles. The number of hydrogen-bond donors (Lipinski definition) is 2. The Labute approximate surface area is 98.6 Å². The van der Waals surface area contributed by atoms with Crippen molar-refractivity contribution in [1.29, 1.82) is 0 Å². The summed E-state index contributed by atoms with van der Waals surface area (Å²) in [7, 11) is 2.15. The van der Waals surface area contributed by atoms with E-state index in [0.29, 0.717) is 18.2 Å². The van der Waals surface area contributed by atoms with Crippen molar-refractivity contribution in [3.8, 4) is 0 Å². The highest BCUT2D eigenvalue weighted by molar-refractivity contribution is 4.94. The van der Waals surface area contributed by atoms with Gasteiger partial charge in [-0.1, -0.05) is 0 Å². The number of rotatable bonds is 4. The summed E-state index contributed by atoms with van der Waals surface area (Å²) in [5.41, 5.74) is 11.8. The van der Waals surface area contributed by atoms with E-state index >= 15 is 0 Å². The fourth-order valence-electron chi connectivity index (χ4n) is 2.30. The number of nitrogens with zero attached hydrogens (tertiary/aromatic N) is 1. The lowest BCUT2D eigenvalue weighted by molar-refractivity contribution is -0.0610. The summed E-state index contributed by atoms with van der Waals surface area (Å²) in [6.45, 7) is 5.25. The lowest BCUT2D eigenvalue weighted by Crippen LogP contribution is -2.42. The highest BCUT2D eigenvalue weighted by Gasteiger charge is 2.26. The zero-order valence-electron chi connectivity index (χ0n) is 10.6. The van der Waals surface area contributed by atoms with Crippen LogP contribution in [0.5, 0.6) is 0 Å². The van der Waals surface area contributed by atoms with Crippen LogP contribution in [0.1, 0.15) is 33.1 Å².